The van der Waals surface area contributed by atoms with Crippen LogP contribution in [-0.2, 0) is 20.7 Å². The van der Waals surface area contributed by atoms with Gasteiger partial charge in [0.2, 0.25) is 0 Å². The van der Waals surface area contributed by atoms with E-state index in [2.05, 4.69) is 21.2 Å². The van der Waals surface area contributed by atoms with Crippen LogP contribution in [0.4, 0.5) is 4.79 Å². The summed E-state index contributed by atoms with van der Waals surface area (Å²) in [6, 6.07) is 7.52. The fourth-order valence-corrected chi connectivity index (χ4v) is 2.42. The third-order valence-corrected chi connectivity index (χ3v) is 3.35. The zero-order chi connectivity index (χ0) is 17.0. The van der Waals surface area contributed by atoms with Gasteiger partial charge in [0.1, 0.15) is 11.1 Å². The van der Waals surface area contributed by atoms with Crippen LogP contribution in [0.15, 0.2) is 28.7 Å². The van der Waals surface area contributed by atoms with Crippen LogP contribution < -0.4 is 5.32 Å². The average molecular weight is 372 g/mol. The molecule has 1 atom stereocenters. The van der Waals surface area contributed by atoms with E-state index in [4.69, 9.17) is 9.47 Å². The lowest BCUT2D eigenvalue weighted by atomic mass is 9.93. The van der Waals surface area contributed by atoms with Crippen LogP contribution in [0, 0.1) is 0 Å². The summed E-state index contributed by atoms with van der Waals surface area (Å²) in [7, 11) is 1.29. The number of hydrogen-bond donors (Lipinski definition) is 1. The summed E-state index contributed by atoms with van der Waals surface area (Å²) in [5.74, 6) is -0.529. The van der Waals surface area contributed by atoms with Crippen LogP contribution in [0.5, 0.6) is 0 Å². The van der Waals surface area contributed by atoms with Crippen molar-refractivity contribution in [2.24, 2.45) is 0 Å². The molecule has 0 aromatic heterocycles. The molecule has 0 fully saturated rings. The summed E-state index contributed by atoms with van der Waals surface area (Å²) in [6.45, 7) is 6.90. The zero-order valence-corrected chi connectivity index (χ0v) is 15.1. The second kappa shape index (κ2) is 7.13. The van der Waals surface area contributed by atoms with Crippen LogP contribution in [0.25, 0.3) is 0 Å². The smallest absolute Gasteiger partial charge is 0.408 e. The highest BCUT2D eigenvalue weighted by Gasteiger charge is 2.37. The Balaban J connectivity index is 2.95. The number of benzene rings is 1. The van der Waals surface area contributed by atoms with Gasteiger partial charge in [-0.3, -0.25) is 0 Å². The van der Waals surface area contributed by atoms with Gasteiger partial charge < -0.3 is 14.8 Å². The van der Waals surface area contributed by atoms with E-state index in [0.29, 0.717) is 6.42 Å². The standard InChI is InChI=1S/C16H22BrNO4/c1-15(2,3)22-14(20)18-16(4,13(19)21-5)10-11-7-6-8-12(17)9-11/h6-9H,10H2,1-5H3,(H,18,20)/t16-/m1/s1. The molecule has 0 bridgehead atoms. The molecule has 0 unspecified atom stereocenters. The predicted molar refractivity (Wildman–Crippen MR) is 87.6 cm³/mol. The van der Waals surface area contributed by atoms with E-state index in [1.165, 1.54) is 7.11 Å². The van der Waals surface area contributed by atoms with Gasteiger partial charge in [0.25, 0.3) is 0 Å². The lowest BCUT2D eigenvalue weighted by molar-refractivity contribution is -0.147. The van der Waals surface area contributed by atoms with Crippen LogP contribution in [-0.4, -0.2) is 30.3 Å². The number of amides is 1. The largest absolute Gasteiger partial charge is 0.467 e. The van der Waals surface area contributed by atoms with Gasteiger partial charge in [0, 0.05) is 10.9 Å². The van der Waals surface area contributed by atoms with Crippen molar-refractivity contribution in [3.63, 3.8) is 0 Å². The normalized spacial score (nSPS) is 13.9. The first-order valence-corrected chi connectivity index (χ1v) is 7.69. The van der Waals surface area contributed by atoms with Crippen LogP contribution in [0.3, 0.4) is 0 Å². The van der Waals surface area contributed by atoms with Crippen molar-refractivity contribution in [1.82, 2.24) is 5.32 Å². The lowest BCUT2D eigenvalue weighted by Crippen LogP contribution is -2.55. The minimum Gasteiger partial charge on any atom is -0.467 e. The van der Waals surface area contributed by atoms with Crippen molar-refractivity contribution in [3.05, 3.63) is 34.3 Å². The zero-order valence-electron chi connectivity index (χ0n) is 13.5. The molecule has 122 valence electrons. The van der Waals surface area contributed by atoms with Gasteiger partial charge in [-0.25, -0.2) is 9.59 Å². The Morgan fingerprint density at radius 1 is 1.23 bits per heavy atom. The monoisotopic (exact) mass is 371 g/mol. The summed E-state index contributed by atoms with van der Waals surface area (Å²) in [5.41, 5.74) is -0.965. The van der Waals surface area contributed by atoms with E-state index in [0.717, 1.165) is 10.0 Å². The number of hydrogen-bond acceptors (Lipinski definition) is 4. The molecular formula is C16H22BrNO4. The second-order valence-corrected chi connectivity index (χ2v) is 7.17. The molecule has 1 aromatic carbocycles. The summed E-state index contributed by atoms with van der Waals surface area (Å²) in [5, 5.41) is 2.62. The molecule has 1 N–H and O–H groups in total. The summed E-state index contributed by atoms with van der Waals surface area (Å²) >= 11 is 3.39. The van der Waals surface area contributed by atoms with E-state index in [-0.39, 0.29) is 0 Å². The number of carbonyl (C=O) groups excluding carboxylic acids is 2. The number of halogens is 1. The Morgan fingerprint density at radius 3 is 2.36 bits per heavy atom. The predicted octanol–water partition coefficient (Wildman–Crippen LogP) is 3.45. The molecule has 0 spiro atoms. The Morgan fingerprint density at radius 2 is 1.86 bits per heavy atom. The highest BCUT2D eigenvalue weighted by Crippen LogP contribution is 2.19. The summed E-state index contributed by atoms with van der Waals surface area (Å²) in [4.78, 5) is 24.1. The molecule has 0 radical (unpaired) electrons. The van der Waals surface area contributed by atoms with Gasteiger partial charge in [-0.1, -0.05) is 28.1 Å². The maximum absolute atomic E-state index is 12.1. The third-order valence-electron chi connectivity index (χ3n) is 2.86. The number of alkyl carbamates (subject to hydrolysis) is 1. The van der Waals surface area contributed by atoms with Gasteiger partial charge >= 0.3 is 12.1 Å². The number of carbonyl (C=O) groups is 2. The number of rotatable bonds is 4. The average Bonchev–Trinajstić information content (AvgIpc) is 2.34. The Kier molecular flexibility index (Phi) is 6.00. The first kappa shape index (κ1) is 18.5. The van der Waals surface area contributed by atoms with E-state index >= 15 is 0 Å². The van der Waals surface area contributed by atoms with Crippen molar-refractivity contribution < 1.29 is 19.1 Å². The van der Waals surface area contributed by atoms with Gasteiger partial charge in [0.05, 0.1) is 7.11 Å². The summed E-state index contributed by atoms with van der Waals surface area (Å²) < 4.78 is 10.9. The fraction of sp³-hybridized carbons (Fsp3) is 0.500. The first-order chi connectivity index (χ1) is 10.1. The molecule has 0 aliphatic carbocycles. The number of methoxy groups -OCH3 is 1. The molecule has 0 saturated carbocycles. The molecular weight excluding hydrogens is 350 g/mol. The Bertz CT molecular complexity index is 553. The Labute approximate surface area is 139 Å². The van der Waals surface area contributed by atoms with Gasteiger partial charge in [-0.15, -0.1) is 0 Å². The minimum absolute atomic E-state index is 0.290. The highest BCUT2D eigenvalue weighted by atomic mass is 79.9. The Hall–Kier alpha value is -1.56. The molecule has 1 amide bonds. The van der Waals surface area contributed by atoms with E-state index in [9.17, 15) is 9.59 Å². The maximum atomic E-state index is 12.1. The van der Waals surface area contributed by atoms with Crippen LogP contribution in [0.1, 0.15) is 33.3 Å². The van der Waals surface area contributed by atoms with E-state index in [1.54, 1.807) is 27.7 Å². The second-order valence-electron chi connectivity index (χ2n) is 6.26. The molecule has 1 aromatic rings. The van der Waals surface area contributed by atoms with Gasteiger partial charge in [-0.05, 0) is 45.4 Å². The van der Waals surface area contributed by atoms with Gasteiger partial charge in [-0.2, -0.15) is 0 Å². The molecule has 1 rings (SSSR count). The molecule has 0 saturated heterocycles. The van der Waals surface area contributed by atoms with Crippen LogP contribution in [0.2, 0.25) is 0 Å². The minimum atomic E-state index is -1.21. The van der Waals surface area contributed by atoms with Crippen LogP contribution >= 0.6 is 15.9 Å². The number of nitrogens with one attached hydrogen (secondary N) is 1. The summed E-state index contributed by atoms with van der Waals surface area (Å²) in [6.07, 6.45) is -0.367. The van der Waals surface area contributed by atoms with Crippen molar-refractivity contribution in [3.8, 4) is 0 Å². The number of esters is 1. The topological polar surface area (TPSA) is 64.6 Å². The quantitative estimate of drug-likeness (QED) is 0.823. The third kappa shape index (κ3) is 5.67. The molecule has 22 heavy (non-hydrogen) atoms. The molecule has 0 aliphatic heterocycles. The van der Waals surface area contributed by atoms with Crippen molar-refractivity contribution in [2.75, 3.05) is 7.11 Å². The SMILES string of the molecule is COC(=O)[C@@](C)(Cc1cccc(Br)c1)NC(=O)OC(C)(C)C. The van der Waals surface area contributed by atoms with E-state index in [1.807, 2.05) is 24.3 Å². The maximum Gasteiger partial charge on any atom is 0.408 e. The molecule has 0 aliphatic rings. The van der Waals surface area contributed by atoms with Crippen molar-refractivity contribution in [1.29, 1.82) is 0 Å². The van der Waals surface area contributed by atoms with Crippen molar-refractivity contribution >= 4 is 28.0 Å². The molecule has 6 heteroatoms. The highest BCUT2D eigenvalue weighted by molar-refractivity contribution is 9.10. The lowest BCUT2D eigenvalue weighted by Gasteiger charge is -2.29. The van der Waals surface area contributed by atoms with Gasteiger partial charge in [0.15, 0.2) is 0 Å². The molecule has 0 heterocycles. The molecule has 5 nitrogen and oxygen atoms in total. The van der Waals surface area contributed by atoms with Crippen molar-refractivity contribution in [2.45, 2.75) is 45.3 Å². The number of ether oxygens (including phenoxy) is 2. The van der Waals surface area contributed by atoms with E-state index < -0.39 is 23.2 Å². The first-order valence-electron chi connectivity index (χ1n) is 6.90. The fourth-order valence-electron chi connectivity index (χ4n) is 1.98.